The number of carbonyl (C=O) groups excluding carboxylic acids is 3. The van der Waals surface area contributed by atoms with Crippen molar-refractivity contribution in [2.45, 2.75) is 37.6 Å². The Balaban J connectivity index is 1.38. The molecule has 3 fully saturated rings. The van der Waals surface area contributed by atoms with Gasteiger partial charge in [0.15, 0.2) is 18.3 Å². The van der Waals surface area contributed by atoms with Gasteiger partial charge in [0.05, 0.1) is 39.6 Å². The highest BCUT2D eigenvalue weighted by Gasteiger charge is 2.29. The summed E-state index contributed by atoms with van der Waals surface area (Å²) in [4.78, 5) is 36.4. The van der Waals surface area contributed by atoms with Crippen LogP contribution in [0.15, 0.2) is 0 Å². The monoisotopic (exact) mass is 401 g/mol. The van der Waals surface area contributed by atoms with Crippen molar-refractivity contribution in [1.29, 1.82) is 0 Å². The first-order valence-electron chi connectivity index (χ1n) is 9.70. The van der Waals surface area contributed by atoms with Gasteiger partial charge in [-0.15, -0.1) is 0 Å². The van der Waals surface area contributed by atoms with Gasteiger partial charge in [0, 0.05) is 38.9 Å². The largest absolute Gasteiger partial charge is 0.464 e. The van der Waals surface area contributed by atoms with E-state index in [9.17, 15) is 14.4 Å². The Kier molecular flexibility index (Phi) is 8.01. The number of carbonyl (C=O) groups is 3. The van der Waals surface area contributed by atoms with Crippen molar-refractivity contribution >= 4 is 17.9 Å². The molecule has 0 aliphatic carbocycles. The zero-order valence-corrected chi connectivity index (χ0v) is 15.8. The van der Waals surface area contributed by atoms with E-state index in [0.717, 1.165) is 0 Å². The van der Waals surface area contributed by atoms with Gasteiger partial charge in [0.2, 0.25) is 0 Å². The molecule has 3 aliphatic rings. The molecule has 3 rings (SSSR count). The molecule has 0 aromatic heterocycles. The van der Waals surface area contributed by atoms with Gasteiger partial charge >= 0.3 is 17.9 Å². The number of hydrogen-bond donors (Lipinski definition) is 0. The molecule has 3 saturated heterocycles. The first-order chi connectivity index (χ1) is 13.6. The molecule has 3 unspecified atom stereocenters. The van der Waals surface area contributed by atoms with Crippen molar-refractivity contribution in [1.82, 2.24) is 4.90 Å². The van der Waals surface area contributed by atoms with Crippen LogP contribution in [0.25, 0.3) is 0 Å². The Bertz CT molecular complexity index is 479. The van der Waals surface area contributed by atoms with Gasteiger partial charge in [0.25, 0.3) is 0 Å². The maximum atomic E-state index is 11.5. The highest BCUT2D eigenvalue weighted by atomic mass is 16.6. The zero-order valence-electron chi connectivity index (χ0n) is 15.8. The second kappa shape index (κ2) is 10.7. The summed E-state index contributed by atoms with van der Waals surface area (Å²) in [5.41, 5.74) is 0. The zero-order chi connectivity index (χ0) is 19.8. The van der Waals surface area contributed by atoms with E-state index in [4.69, 9.17) is 28.4 Å². The predicted octanol–water partition coefficient (Wildman–Crippen LogP) is -0.715. The first kappa shape index (κ1) is 21.0. The molecule has 3 aliphatic heterocycles. The molecule has 3 atom stereocenters. The van der Waals surface area contributed by atoms with E-state index < -0.39 is 18.3 Å². The lowest BCUT2D eigenvalue weighted by atomic mass is 10.3. The molecular formula is C18H27NO9. The minimum absolute atomic E-state index is 0.322. The third-order valence-electron chi connectivity index (χ3n) is 4.84. The van der Waals surface area contributed by atoms with Crippen LogP contribution < -0.4 is 0 Å². The number of hydrogen-bond acceptors (Lipinski definition) is 10. The van der Waals surface area contributed by atoms with Crippen LogP contribution in [0.5, 0.6) is 0 Å². The van der Waals surface area contributed by atoms with Gasteiger partial charge in [-0.2, -0.15) is 0 Å². The average molecular weight is 401 g/mol. The van der Waals surface area contributed by atoms with E-state index in [1.54, 1.807) is 0 Å². The van der Waals surface area contributed by atoms with Crippen LogP contribution in [-0.4, -0.2) is 100 Å². The Morgan fingerprint density at radius 1 is 0.643 bits per heavy atom. The Hall–Kier alpha value is -1.75. The number of rotatable bonds is 12. The molecule has 0 N–H and O–H groups in total. The van der Waals surface area contributed by atoms with E-state index >= 15 is 0 Å². The van der Waals surface area contributed by atoms with Crippen molar-refractivity contribution in [3.05, 3.63) is 0 Å². The van der Waals surface area contributed by atoms with Crippen LogP contribution in [0.2, 0.25) is 0 Å². The van der Waals surface area contributed by atoms with Crippen LogP contribution in [0.3, 0.4) is 0 Å². The Morgan fingerprint density at radius 3 is 1.21 bits per heavy atom. The van der Waals surface area contributed by atoms with Crippen LogP contribution >= 0.6 is 0 Å². The summed E-state index contributed by atoms with van der Waals surface area (Å²) in [6.07, 6.45) is 0.193. The van der Waals surface area contributed by atoms with Gasteiger partial charge in [-0.3, -0.25) is 4.90 Å². The van der Waals surface area contributed by atoms with Gasteiger partial charge in [-0.25, -0.2) is 14.4 Å². The van der Waals surface area contributed by atoms with Crippen LogP contribution in [0.1, 0.15) is 19.3 Å². The van der Waals surface area contributed by atoms with Crippen molar-refractivity contribution in [3.8, 4) is 0 Å². The highest BCUT2D eigenvalue weighted by Crippen LogP contribution is 2.12. The lowest BCUT2D eigenvalue weighted by Crippen LogP contribution is -2.37. The maximum Gasteiger partial charge on any atom is 0.335 e. The SMILES string of the molecule is O=C1OCCC1OCCN(CCOC1CCOC1=O)CCOC1CCOC1=O. The number of ether oxygens (including phenoxy) is 6. The average Bonchev–Trinajstić information content (AvgIpc) is 3.38. The van der Waals surface area contributed by atoms with Crippen molar-refractivity contribution in [3.63, 3.8) is 0 Å². The molecule has 0 aromatic carbocycles. The van der Waals surface area contributed by atoms with Crippen LogP contribution in [0.4, 0.5) is 0 Å². The molecule has 3 heterocycles. The second-order valence-corrected chi connectivity index (χ2v) is 6.79. The van der Waals surface area contributed by atoms with Gasteiger partial charge in [-0.05, 0) is 0 Å². The quantitative estimate of drug-likeness (QED) is 0.307. The molecule has 10 heteroatoms. The Labute approximate surface area is 163 Å². The van der Waals surface area contributed by atoms with Crippen LogP contribution in [-0.2, 0) is 42.8 Å². The minimum Gasteiger partial charge on any atom is -0.464 e. The molecular weight excluding hydrogens is 374 g/mol. The first-order valence-corrected chi connectivity index (χ1v) is 9.70. The molecule has 0 spiro atoms. The summed E-state index contributed by atoms with van der Waals surface area (Å²) in [6, 6.07) is 0. The topological polar surface area (TPSA) is 110 Å². The molecule has 28 heavy (non-hydrogen) atoms. The summed E-state index contributed by atoms with van der Waals surface area (Å²) in [6.45, 7) is 3.92. The fourth-order valence-corrected chi connectivity index (χ4v) is 3.19. The van der Waals surface area contributed by atoms with Crippen molar-refractivity contribution < 1.29 is 42.8 Å². The maximum absolute atomic E-state index is 11.5. The predicted molar refractivity (Wildman–Crippen MR) is 92.4 cm³/mol. The van der Waals surface area contributed by atoms with Crippen molar-refractivity contribution in [2.24, 2.45) is 0 Å². The van der Waals surface area contributed by atoms with Crippen LogP contribution in [0, 0.1) is 0 Å². The normalized spacial score (nSPS) is 27.3. The fourth-order valence-electron chi connectivity index (χ4n) is 3.19. The van der Waals surface area contributed by atoms with Gasteiger partial charge < -0.3 is 28.4 Å². The van der Waals surface area contributed by atoms with Crippen molar-refractivity contribution in [2.75, 3.05) is 59.3 Å². The van der Waals surface area contributed by atoms with E-state index in [1.165, 1.54) is 0 Å². The standard InChI is InChI=1S/C18H27NO9/c20-16-13(1-7-26-16)23-10-4-19(5-11-24-14-2-8-27-17(14)21)6-12-25-15-3-9-28-18(15)22/h13-15H,1-12H2. The molecule has 0 saturated carbocycles. The molecule has 0 radical (unpaired) electrons. The highest BCUT2D eigenvalue weighted by molar-refractivity contribution is 5.77. The van der Waals surface area contributed by atoms with Gasteiger partial charge in [0.1, 0.15) is 0 Å². The Morgan fingerprint density at radius 2 is 0.964 bits per heavy atom. The lowest BCUT2D eigenvalue weighted by molar-refractivity contribution is -0.147. The third kappa shape index (κ3) is 6.13. The molecule has 0 bridgehead atoms. The summed E-state index contributed by atoms with van der Waals surface area (Å²) >= 11 is 0. The molecule has 158 valence electrons. The van der Waals surface area contributed by atoms with E-state index in [1.807, 2.05) is 4.90 Å². The summed E-state index contributed by atoms with van der Waals surface area (Å²) in [7, 11) is 0. The lowest BCUT2D eigenvalue weighted by Gasteiger charge is -2.23. The molecule has 10 nitrogen and oxygen atoms in total. The minimum atomic E-state index is -0.504. The number of nitrogens with zero attached hydrogens (tertiary/aromatic N) is 1. The van der Waals surface area contributed by atoms with Gasteiger partial charge in [-0.1, -0.05) is 0 Å². The number of esters is 3. The van der Waals surface area contributed by atoms with E-state index in [0.29, 0.717) is 78.5 Å². The second-order valence-electron chi connectivity index (χ2n) is 6.79. The molecule has 0 amide bonds. The summed E-state index contributed by atoms with van der Waals surface area (Å²) in [5, 5.41) is 0. The fraction of sp³-hybridized carbons (Fsp3) is 0.833. The molecule has 0 aromatic rings. The third-order valence-corrected chi connectivity index (χ3v) is 4.84. The summed E-state index contributed by atoms with van der Waals surface area (Å²) in [5.74, 6) is -0.965. The smallest absolute Gasteiger partial charge is 0.335 e. The number of cyclic esters (lactones) is 3. The van der Waals surface area contributed by atoms with E-state index in [2.05, 4.69) is 0 Å². The van der Waals surface area contributed by atoms with E-state index in [-0.39, 0.29) is 17.9 Å². The summed E-state index contributed by atoms with van der Waals surface area (Å²) < 4.78 is 31.4.